The highest BCUT2D eigenvalue weighted by molar-refractivity contribution is 7.27. The summed E-state index contributed by atoms with van der Waals surface area (Å²) in [5.74, 6) is 0. The molecule has 0 unspecified atom stereocenters. The highest BCUT2D eigenvalue weighted by Crippen LogP contribution is 2.51. The van der Waals surface area contributed by atoms with Gasteiger partial charge in [-0.3, -0.25) is 0 Å². The van der Waals surface area contributed by atoms with E-state index in [-0.39, 0.29) is 0 Å². The second-order valence-corrected chi connectivity index (χ2v) is 23.8. The fraction of sp³-hybridized carbons (Fsp3) is 0.0526. The van der Waals surface area contributed by atoms with Crippen molar-refractivity contribution >= 4 is 151 Å². The molecule has 0 fully saturated rings. The van der Waals surface area contributed by atoms with Gasteiger partial charge in [0.25, 0.3) is 0 Å². The highest BCUT2D eigenvalue weighted by atomic mass is 32.1. The quantitative estimate of drug-likeness (QED) is 0.140. The van der Waals surface area contributed by atoms with Crippen LogP contribution in [0.15, 0.2) is 243 Å². The van der Waals surface area contributed by atoms with Gasteiger partial charge in [-0.25, -0.2) is 0 Å². The van der Waals surface area contributed by atoms with Crippen LogP contribution in [0.5, 0.6) is 0 Å². The van der Waals surface area contributed by atoms with Crippen molar-refractivity contribution in [3.63, 3.8) is 0 Å². The molecule has 0 saturated carbocycles. The lowest BCUT2D eigenvalue weighted by Crippen LogP contribution is -2.14. The molecule has 0 atom stereocenters. The van der Waals surface area contributed by atoms with Gasteiger partial charge < -0.3 is 9.80 Å². The van der Waals surface area contributed by atoms with E-state index >= 15 is 0 Å². The van der Waals surface area contributed by atoms with Crippen LogP contribution in [0.25, 0.3) is 116 Å². The molecule has 378 valence electrons. The maximum absolute atomic E-state index is 2.51. The average molecular weight is 1060 g/mol. The number of anilines is 6. The molecular formula is C76H52N2S2. The Bertz CT molecular complexity index is 4810. The van der Waals surface area contributed by atoms with Crippen LogP contribution in [0.2, 0.25) is 0 Å². The third kappa shape index (κ3) is 7.09. The summed E-state index contributed by atoms with van der Waals surface area (Å²) >= 11 is 3.80. The topological polar surface area (TPSA) is 6.48 Å². The van der Waals surface area contributed by atoms with Crippen molar-refractivity contribution in [3.05, 3.63) is 265 Å². The summed E-state index contributed by atoms with van der Waals surface area (Å²) in [7, 11) is 0. The molecule has 2 aromatic heterocycles. The van der Waals surface area contributed by atoms with Crippen LogP contribution in [0.4, 0.5) is 34.1 Å². The van der Waals surface area contributed by atoms with Gasteiger partial charge in [0.2, 0.25) is 0 Å². The number of hydrogen-bond donors (Lipinski definition) is 0. The molecule has 0 aliphatic carbocycles. The molecule has 0 N–H and O–H groups in total. The first-order valence-corrected chi connectivity index (χ1v) is 29.3. The summed E-state index contributed by atoms with van der Waals surface area (Å²) in [6.45, 7) is 8.99. The van der Waals surface area contributed by atoms with Crippen molar-refractivity contribution in [1.82, 2.24) is 0 Å². The zero-order valence-electron chi connectivity index (χ0n) is 44.8. The predicted molar refractivity (Wildman–Crippen MR) is 350 cm³/mol. The van der Waals surface area contributed by atoms with Gasteiger partial charge in [0.15, 0.2) is 0 Å². The Kier molecular flexibility index (Phi) is 10.6. The van der Waals surface area contributed by atoms with Gasteiger partial charge in [0, 0.05) is 62.5 Å². The minimum absolute atomic E-state index is 1.12. The molecule has 14 aromatic carbocycles. The van der Waals surface area contributed by atoms with Crippen LogP contribution < -0.4 is 9.80 Å². The molecule has 0 bridgehead atoms. The molecule has 16 rings (SSSR count). The van der Waals surface area contributed by atoms with Crippen molar-refractivity contribution < 1.29 is 0 Å². The average Bonchev–Trinajstić information content (AvgIpc) is 4.20. The zero-order chi connectivity index (χ0) is 53.3. The third-order valence-electron chi connectivity index (χ3n) is 17.1. The van der Waals surface area contributed by atoms with Gasteiger partial charge in [-0.05, 0) is 164 Å². The highest BCUT2D eigenvalue weighted by Gasteiger charge is 2.25. The third-order valence-corrected chi connectivity index (χ3v) is 19.5. The molecule has 16 aromatic rings. The maximum atomic E-state index is 2.51. The van der Waals surface area contributed by atoms with Crippen LogP contribution in [0.1, 0.15) is 22.3 Å². The number of benzene rings is 14. The number of aryl methyl sites for hydroxylation is 4. The SMILES string of the molecule is Cc1cccc(C)c1N(c1ccc(-c2cccc3c2sc2ccc4ccccc4c23)cc1)c1ccc2ccc3c(N(c4ccc(-c5cccc6c5sc5ccc7ccccc7c56)cc4)c4c(C)cccc4C)ccc4ccc1c2c43. The first-order chi connectivity index (χ1) is 39.3. The molecular weight excluding hydrogens is 1000 g/mol. The molecule has 80 heavy (non-hydrogen) atoms. The van der Waals surface area contributed by atoms with Crippen LogP contribution >= 0.6 is 22.7 Å². The fourth-order valence-electron chi connectivity index (χ4n) is 13.4. The zero-order valence-corrected chi connectivity index (χ0v) is 46.4. The van der Waals surface area contributed by atoms with E-state index in [0.29, 0.717) is 0 Å². The molecule has 0 saturated heterocycles. The summed E-state index contributed by atoms with van der Waals surface area (Å²) in [6, 6.07) is 91.1. The smallest absolute Gasteiger partial charge is 0.0540 e. The van der Waals surface area contributed by atoms with Crippen molar-refractivity contribution in [2.75, 3.05) is 9.80 Å². The van der Waals surface area contributed by atoms with Crippen molar-refractivity contribution in [2.45, 2.75) is 27.7 Å². The van der Waals surface area contributed by atoms with Crippen molar-refractivity contribution in [3.8, 4) is 22.3 Å². The molecule has 0 aliphatic rings. The van der Waals surface area contributed by atoms with Crippen molar-refractivity contribution in [2.24, 2.45) is 0 Å². The number of fused-ring (bicyclic) bond motifs is 10. The van der Waals surface area contributed by atoms with Gasteiger partial charge in [0.05, 0.1) is 22.7 Å². The number of thiophene rings is 2. The monoisotopic (exact) mass is 1060 g/mol. The van der Waals surface area contributed by atoms with E-state index in [1.165, 1.54) is 150 Å². The van der Waals surface area contributed by atoms with E-state index < -0.39 is 0 Å². The van der Waals surface area contributed by atoms with E-state index in [0.717, 1.165) is 22.7 Å². The van der Waals surface area contributed by atoms with E-state index in [1.807, 2.05) is 22.7 Å². The second-order valence-electron chi connectivity index (χ2n) is 21.7. The first kappa shape index (κ1) is 46.7. The van der Waals surface area contributed by atoms with Crippen LogP contribution in [-0.2, 0) is 0 Å². The summed E-state index contributed by atoms with van der Waals surface area (Å²) < 4.78 is 5.30. The summed E-state index contributed by atoms with van der Waals surface area (Å²) in [6.07, 6.45) is 0. The second kappa shape index (κ2) is 18.1. The maximum Gasteiger partial charge on any atom is 0.0540 e. The molecule has 0 aliphatic heterocycles. The van der Waals surface area contributed by atoms with Crippen LogP contribution in [-0.4, -0.2) is 0 Å². The summed E-state index contributed by atoms with van der Waals surface area (Å²) in [5, 5.41) is 18.0. The molecule has 0 radical (unpaired) electrons. The Balaban J connectivity index is 0.843. The lowest BCUT2D eigenvalue weighted by molar-refractivity contribution is 1.23. The van der Waals surface area contributed by atoms with Gasteiger partial charge in [0.1, 0.15) is 0 Å². The van der Waals surface area contributed by atoms with E-state index in [2.05, 4.69) is 280 Å². The normalized spacial score (nSPS) is 12.0. The Morgan fingerprint density at radius 3 is 1.05 bits per heavy atom. The van der Waals surface area contributed by atoms with Gasteiger partial charge >= 0.3 is 0 Å². The summed E-state index contributed by atoms with van der Waals surface area (Å²) in [4.78, 5) is 5.03. The van der Waals surface area contributed by atoms with E-state index in [1.54, 1.807) is 0 Å². The number of rotatable bonds is 8. The van der Waals surface area contributed by atoms with Gasteiger partial charge in [-0.1, -0.05) is 194 Å². The fourth-order valence-corrected chi connectivity index (χ4v) is 15.9. The van der Waals surface area contributed by atoms with Crippen molar-refractivity contribution in [1.29, 1.82) is 0 Å². The first-order valence-electron chi connectivity index (χ1n) is 27.6. The predicted octanol–water partition coefficient (Wildman–Crippen LogP) is 23.1. The Hall–Kier alpha value is -9.32. The Morgan fingerprint density at radius 2 is 0.625 bits per heavy atom. The molecule has 4 heteroatoms. The van der Waals surface area contributed by atoms with E-state index in [9.17, 15) is 0 Å². The molecule has 0 amide bonds. The van der Waals surface area contributed by atoms with E-state index in [4.69, 9.17) is 0 Å². The minimum atomic E-state index is 1.12. The van der Waals surface area contributed by atoms with Gasteiger partial charge in [-0.2, -0.15) is 0 Å². The minimum Gasteiger partial charge on any atom is -0.309 e. The molecule has 0 spiro atoms. The Labute approximate surface area is 472 Å². The Morgan fingerprint density at radius 1 is 0.263 bits per heavy atom. The van der Waals surface area contributed by atoms with Gasteiger partial charge in [-0.15, -0.1) is 22.7 Å². The largest absolute Gasteiger partial charge is 0.309 e. The van der Waals surface area contributed by atoms with Crippen LogP contribution in [0, 0.1) is 27.7 Å². The summed E-state index contributed by atoms with van der Waals surface area (Å²) in [5.41, 5.74) is 16.8. The lowest BCUT2D eigenvalue weighted by Gasteiger charge is -2.32. The molecule has 2 heterocycles. The molecule has 2 nitrogen and oxygen atoms in total. The standard InChI is InChI=1S/C76H52N2S2/c1-45-13-9-14-46(2)73(45)77(55-35-25-51(26-36-55)59-21-11-23-63-71-57-19-7-5-17-49(57)33-43-67(71)79-75(59)63)65-41-31-53-30-40-62-66(42-32-54-29-39-61(65)69(53)70(54)62)78(74-47(3)15-10-16-48(74)4)56-37-27-52(28-38-56)60-22-12-24-64-72-58-20-8-6-18-50(58)34-44-68(72)80-76(60)64/h5-44H,1-4H3. The number of para-hydroxylation sites is 2. The van der Waals surface area contributed by atoms with Crippen LogP contribution in [0.3, 0.4) is 0 Å². The number of nitrogens with zero attached hydrogens (tertiary/aromatic N) is 2. The lowest BCUT2D eigenvalue weighted by atomic mass is 9.91. The number of hydrogen-bond acceptors (Lipinski definition) is 4.